The van der Waals surface area contributed by atoms with Gasteiger partial charge in [-0.15, -0.1) is 0 Å². The average Bonchev–Trinajstić information content (AvgIpc) is 3.41. The Morgan fingerprint density at radius 1 is 1.44 bits per heavy atom. The predicted octanol–water partition coefficient (Wildman–Crippen LogP) is 3.66. The van der Waals surface area contributed by atoms with Gasteiger partial charge in [0.15, 0.2) is 5.11 Å². The minimum absolute atomic E-state index is 0.0321. The molecule has 4 rings (SSSR count). The van der Waals surface area contributed by atoms with E-state index in [2.05, 4.69) is 13.0 Å². The van der Waals surface area contributed by atoms with Crippen molar-refractivity contribution < 1.29 is 14.3 Å². The number of ether oxygens (including phenoxy) is 2. The summed E-state index contributed by atoms with van der Waals surface area (Å²) in [6.45, 7) is 3.30. The molecule has 1 spiro atoms. The van der Waals surface area contributed by atoms with Crippen LogP contribution in [-0.4, -0.2) is 48.4 Å². The molecule has 3 aliphatic rings. The van der Waals surface area contributed by atoms with Crippen LogP contribution in [0.3, 0.4) is 0 Å². The van der Waals surface area contributed by atoms with Crippen molar-refractivity contribution in [3.8, 4) is 6.07 Å². The number of nitriles is 1. The highest BCUT2D eigenvalue weighted by atomic mass is 32.1. The molecule has 0 radical (unpaired) electrons. The van der Waals surface area contributed by atoms with E-state index in [9.17, 15) is 10.1 Å². The van der Waals surface area contributed by atoms with Crippen LogP contribution in [0, 0.1) is 22.7 Å². The molecule has 1 saturated heterocycles. The van der Waals surface area contributed by atoms with Crippen LogP contribution in [0.5, 0.6) is 0 Å². The summed E-state index contributed by atoms with van der Waals surface area (Å²) in [5.74, 6) is -0.0154. The Morgan fingerprint density at radius 2 is 2.25 bits per heavy atom. The minimum atomic E-state index is -0.361. The third-order valence-electron chi connectivity index (χ3n) is 7.88. The molecule has 0 unspecified atom stereocenters. The average molecular weight is 456 g/mol. The molecule has 32 heavy (non-hydrogen) atoms. The van der Waals surface area contributed by atoms with Gasteiger partial charge < -0.3 is 15.2 Å². The van der Waals surface area contributed by atoms with Gasteiger partial charge in [0.25, 0.3) is 0 Å². The first-order chi connectivity index (χ1) is 15.4. The van der Waals surface area contributed by atoms with Gasteiger partial charge >= 0.3 is 0 Å². The maximum atomic E-state index is 14.1. The van der Waals surface area contributed by atoms with Crippen molar-refractivity contribution in [3.05, 3.63) is 34.9 Å². The van der Waals surface area contributed by atoms with Crippen molar-refractivity contribution >= 4 is 23.2 Å². The summed E-state index contributed by atoms with van der Waals surface area (Å²) >= 11 is 5.34. The second-order valence-electron chi connectivity index (χ2n) is 9.60. The van der Waals surface area contributed by atoms with E-state index in [-0.39, 0.29) is 34.6 Å². The Hall–Kier alpha value is -2.01. The van der Waals surface area contributed by atoms with Crippen LogP contribution in [0.15, 0.2) is 18.2 Å². The molecule has 2 aliphatic carbocycles. The molecular weight excluding hydrogens is 422 g/mol. The van der Waals surface area contributed by atoms with Gasteiger partial charge in [-0.2, -0.15) is 5.26 Å². The molecule has 2 fully saturated rings. The van der Waals surface area contributed by atoms with Gasteiger partial charge in [-0.3, -0.25) is 9.69 Å². The van der Waals surface area contributed by atoms with Crippen molar-refractivity contribution in [1.82, 2.24) is 4.90 Å². The van der Waals surface area contributed by atoms with Crippen molar-refractivity contribution in [2.24, 2.45) is 17.1 Å². The number of nitrogens with zero attached hydrogens (tertiary/aromatic N) is 2. The number of hydrogen-bond donors (Lipinski definition) is 1. The first-order valence-corrected chi connectivity index (χ1v) is 12.1. The van der Waals surface area contributed by atoms with E-state index >= 15 is 0 Å². The van der Waals surface area contributed by atoms with Gasteiger partial charge in [0, 0.05) is 13.7 Å². The third-order valence-corrected chi connectivity index (χ3v) is 8.10. The number of hydrogen-bond acceptors (Lipinski definition) is 5. The Bertz CT molecular complexity index is 923. The number of rotatable bonds is 5. The quantitative estimate of drug-likeness (QED) is 0.682. The van der Waals surface area contributed by atoms with Crippen molar-refractivity contribution in [3.63, 3.8) is 0 Å². The molecule has 172 valence electrons. The molecule has 6 nitrogen and oxygen atoms in total. The smallest absolute Gasteiger partial charge is 0.236 e. The lowest BCUT2D eigenvalue weighted by molar-refractivity contribution is -0.135. The zero-order valence-corrected chi connectivity index (χ0v) is 19.8. The van der Waals surface area contributed by atoms with E-state index in [1.54, 1.807) is 12.0 Å². The highest BCUT2D eigenvalue weighted by molar-refractivity contribution is 7.80. The van der Waals surface area contributed by atoms with E-state index in [0.29, 0.717) is 24.6 Å². The summed E-state index contributed by atoms with van der Waals surface area (Å²) in [6, 6.07) is 8.02. The number of thiocarbonyl (C=S) groups is 1. The molecule has 0 bridgehead atoms. The summed E-state index contributed by atoms with van der Waals surface area (Å²) in [6.07, 6.45) is 6.68. The fourth-order valence-electron chi connectivity index (χ4n) is 6.30. The standard InChI is InChI=1S/C25H33N3O3S/c1-3-17-12-25(9-8-21(17)30-2)13-18-7-6-16(14-26)11-20(18)22(25)23(29)28(24(27)32)15-19-5-4-10-31-19/h6-7,11,17,19,21-22H,3-5,8-10,12-13,15H2,1-2H3,(H2,27,32)/t17-,19+,21-,22-,25-/m0/s1. The third kappa shape index (κ3) is 4.16. The monoisotopic (exact) mass is 455 g/mol. The van der Waals surface area contributed by atoms with Crippen LogP contribution in [0.4, 0.5) is 0 Å². The highest BCUT2D eigenvalue weighted by Crippen LogP contribution is 2.58. The maximum Gasteiger partial charge on any atom is 0.236 e. The van der Waals surface area contributed by atoms with E-state index in [1.807, 2.05) is 18.2 Å². The Morgan fingerprint density at radius 3 is 2.88 bits per heavy atom. The first kappa shape index (κ1) is 23.2. The predicted molar refractivity (Wildman–Crippen MR) is 126 cm³/mol. The van der Waals surface area contributed by atoms with Gasteiger partial charge in [0.2, 0.25) is 5.91 Å². The van der Waals surface area contributed by atoms with Crippen LogP contribution in [-0.2, 0) is 20.7 Å². The second kappa shape index (κ2) is 9.46. The van der Waals surface area contributed by atoms with Crippen LogP contribution in [0.25, 0.3) is 0 Å². The second-order valence-corrected chi connectivity index (χ2v) is 10.0. The van der Waals surface area contributed by atoms with Crippen molar-refractivity contribution in [1.29, 1.82) is 5.26 Å². The fourth-order valence-corrected chi connectivity index (χ4v) is 6.46. The number of amides is 1. The lowest BCUT2D eigenvalue weighted by Gasteiger charge is -2.46. The van der Waals surface area contributed by atoms with E-state index in [0.717, 1.165) is 56.1 Å². The summed E-state index contributed by atoms with van der Waals surface area (Å²) < 4.78 is 11.6. The van der Waals surface area contributed by atoms with E-state index in [1.165, 1.54) is 0 Å². The SMILES string of the molecule is CC[C@H]1C[C@@]2(CC[C@@H]1OC)Cc1ccc(C#N)cc1[C@H]2C(=O)N(C[C@H]1CCCO1)C(N)=S. The number of fused-ring (bicyclic) bond motifs is 1. The summed E-state index contributed by atoms with van der Waals surface area (Å²) in [5, 5.41) is 9.61. The molecule has 1 saturated carbocycles. The molecule has 7 heteroatoms. The molecule has 1 aliphatic heterocycles. The molecule has 0 aromatic heterocycles. The summed E-state index contributed by atoms with van der Waals surface area (Å²) in [5.41, 5.74) is 8.58. The van der Waals surface area contributed by atoms with Crippen molar-refractivity contribution in [2.45, 2.75) is 70.0 Å². The van der Waals surface area contributed by atoms with E-state index in [4.69, 9.17) is 27.4 Å². The summed E-state index contributed by atoms with van der Waals surface area (Å²) in [4.78, 5) is 15.7. The first-order valence-electron chi connectivity index (χ1n) is 11.7. The number of methoxy groups -OCH3 is 1. The number of benzene rings is 1. The van der Waals surface area contributed by atoms with Gasteiger partial charge in [0.1, 0.15) is 0 Å². The molecule has 1 amide bonds. The highest BCUT2D eigenvalue weighted by Gasteiger charge is 2.54. The number of nitrogens with two attached hydrogens (primary N) is 1. The van der Waals surface area contributed by atoms with Gasteiger partial charge in [-0.25, -0.2) is 0 Å². The van der Waals surface area contributed by atoms with Crippen LogP contribution < -0.4 is 5.73 Å². The van der Waals surface area contributed by atoms with E-state index < -0.39 is 0 Å². The van der Waals surface area contributed by atoms with Gasteiger partial charge in [-0.1, -0.05) is 19.4 Å². The maximum absolute atomic E-state index is 14.1. The van der Waals surface area contributed by atoms with Crippen LogP contribution >= 0.6 is 12.2 Å². The largest absolute Gasteiger partial charge is 0.381 e. The van der Waals surface area contributed by atoms with Crippen LogP contribution in [0.2, 0.25) is 0 Å². The number of carbonyl (C=O) groups excluding carboxylic acids is 1. The number of carbonyl (C=O) groups is 1. The molecule has 5 atom stereocenters. The zero-order chi connectivity index (χ0) is 22.9. The van der Waals surface area contributed by atoms with Crippen LogP contribution in [0.1, 0.15) is 68.1 Å². The fraction of sp³-hybridized carbons (Fsp3) is 0.640. The lowest BCUT2D eigenvalue weighted by atomic mass is 9.61. The topological polar surface area (TPSA) is 88.6 Å². The molecular formula is C25H33N3O3S. The Balaban J connectivity index is 1.73. The molecule has 1 aromatic carbocycles. The zero-order valence-electron chi connectivity index (χ0n) is 19.0. The molecule has 1 aromatic rings. The van der Waals surface area contributed by atoms with Crippen molar-refractivity contribution in [2.75, 3.05) is 20.3 Å². The molecule has 1 heterocycles. The Labute approximate surface area is 196 Å². The van der Waals surface area contributed by atoms with Gasteiger partial charge in [0.05, 0.1) is 36.3 Å². The Kier molecular flexibility index (Phi) is 6.85. The lowest BCUT2D eigenvalue weighted by Crippen LogP contribution is -2.51. The minimum Gasteiger partial charge on any atom is -0.381 e. The molecule has 2 N–H and O–H groups in total. The summed E-state index contributed by atoms with van der Waals surface area (Å²) in [7, 11) is 1.78. The normalized spacial score (nSPS) is 31.3. The van der Waals surface area contributed by atoms with Gasteiger partial charge in [-0.05, 0) is 85.3 Å².